The molecule has 1 amide bonds. The minimum Gasteiger partial charge on any atom is -0.459 e. The Labute approximate surface area is 182 Å². The Kier molecular flexibility index (Phi) is 4.73. The lowest BCUT2D eigenvalue weighted by Crippen LogP contribution is -2.41. The largest absolute Gasteiger partial charge is 0.459 e. The maximum Gasteiger partial charge on any atom is 0.246 e. The van der Waals surface area contributed by atoms with Gasteiger partial charge >= 0.3 is 0 Å². The van der Waals surface area contributed by atoms with E-state index in [-0.39, 0.29) is 18.2 Å². The van der Waals surface area contributed by atoms with Crippen LogP contribution in [0.15, 0.2) is 71.1 Å². The van der Waals surface area contributed by atoms with E-state index >= 15 is 0 Å². The molecule has 2 atom stereocenters. The van der Waals surface area contributed by atoms with Gasteiger partial charge in [-0.2, -0.15) is 5.26 Å². The van der Waals surface area contributed by atoms with Gasteiger partial charge in [-0.1, -0.05) is 42.5 Å². The number of fused-ring (bicyclic) bond motifs is 1. The molecule has 0 radical (unpaired) electrons. The van der Waals surface area contributed by atoms with Gasteiger partial charge in [0, 0.05) is 5.56 Å². The van der Waals surface area contributed by atoms with Crippen molar-refractivity contribution < 1.29 is 9.21 Å². The van der Waals surface area contributed by atoms with Crippen LogP contribution in [0.5, 0.6) is 0 Å². The number of para-hydroxylation sites is 1. The number of nitriles is 1. The van der Waals surface area contributed by atoms with Gasteiger partial charge in [0.2, 0.25) is 5.91 Å². The van der Waals surface area contributed by atoms with Crippen LogP contribution in [0, 0.1) is 16.7 Å². The monoisotopic (exact) mass is 427 g/mol. The van der Waals surface area contributed by atoms with E-state index < -0.39 is 12.0 Å². The fraction of sp³-hybridized carbons (Fsp3) is 0.130. The van der Waals surface area contributed by atoms with E-state index in [2.05, 4.69) is 16.5 Å². The molecule has 1 fully saturated rings. The number of amidine groups is 1. The van der Waals surface area contributed by atoms with Crippen LogP contribution in [0.2, 0.25) is 0 Å². The minimum atomic E-state index is -0.745. The van der Waals surface area contributed by atoms with Crippen molar-refractivity contribution in [3.05, 3.63) is 77.5 Å². The Morgan fingerprint density at radius 2 is 1.90 bits per heavy atom. The van der Waals surface area contributed by atoms with Gasteiger partial charge in [-0.05, 0) is 24.3 Å². The number of hydrazine groups is 1. The van der Waals surface area contributed by atoms with E-state index in [1.165, 1.54) is 16.3 Å². The average molecular weight is 427 g/mol. The molecule has 1 aliphatic rings. The Morgan fingerprint density at radius 1 is 1.13 bits per heavy atom. The average Bonchev–Trinajstić information content (AvgIpc) is 3.50. The van der Waals surface area contributed by atoms with Crippen molar-refractivity contribution >= 4 is 33.3 Å². The van der Waals surface area contributed by atoms with Crippen LogP contribution in [0.1, 0.15) is 29.1 Å². The van der Waals surface area contributed by atoms with Gasteiger partial charge < -0.3 is 4.42 Å². The van der Waals surface area contributed by atoms with Gasteiger partial charge in [-0.15, -0.1) is 11.3 Å². The molecule has 8 heteroatoms. The maximum absolute atomic E-state index is 12.0. The molecule has 3 heterocycles. The number of hydrogen-bond acceptors (Lipinski definition) is 6. The molecule has 0 spiro atoms. The number of carbonyl (C=O) groups is 1. The number of thiazole rings is 1. The zero-order valence-electron chi connectivity index (χ0n) is 16.3. The zero-order valence-corrected chi connectivity index (χ0v) is 17.1. The van der Waals surface area contributed by atoms with Crippen molar-refractivity contribution in [2.24, 2.45) is 0 Å². The number of amides is 1. The number of carbonyl (C=O) groups excluding carboxylic acids is 1. The Hall–Kier alpha value is -3.96. The van der Waals surface area contributed by atoms with Gasteiger partial charge in [0.25, 0.3) is 0 Å². The van der Waals surface area contributed by atoms with Crippen LogP contribution >= 0.6 is 11.3 Å². The van der Waals surface area contributed by atoms with Crippen molar-refractivity contribution in [1.82, 2.24) is 15.4 Å². The van der Waals surface area contributed by atoms with E-state index in [1.807, 2.05) is 60.7 Å². The van der Waals surface area contributed by atoms with Gasteiger partial charge in [0.1, 0.15) is 34.3 Å². The van der Waals surface area contributed by atoms with Crippen LogP contribution < -0.4 is 5.43 Å². The van der Waals surface area contributed by atoms with Crippen LogP contribution in [-0.4, -0.2) is 21.7 Å². The predicted octanol–water partition coefficient (Wildman–Crippen LogP) is 4.62. The molecule has 4 aromatic rings. The van der Waals surface area contributed by atoms with Crippen molar-refractivity contribution in [1.29, 1.82) is 10.7 Å². The third-order valence-corrected chi connectivity index (χ3v) is 6.27. The van der Waals surface area contributed by atoms with Gasteiger partial charge in [0.05, 0.1) is 22.7 Å². The Morgan fingerprint density at radius 3 is 2.61 bits per heavy atom. The number of aromatic nitrogens is 1. The fourth-order valence-electron chi connectivity index (χ4n) is 3.71. The summed E-state index contributed by atoms with van der Waals surface area (Å²) < 4.78 is 7.12. The summed E-state index contributed by atoms with van der Waals surface area (Å²) in [6.07, 6.45) is -0.0409. The fourth-order valence-corrected chi connectivity index (χ4v) is 4.75. The summed E-state index contributed by atoms with van der Waals surface area (Å²) in [5.74, 6) is 0.195. The highest BCUT2D eigenvalue weighted by Gasteiger charge is 2.40. The second kappa shape index (κ2) is 7.70. The van der Waals surface area contributed by atoms with Gasteiger partial charge in [-0.25, -0.2) is 4.98 Å². The number of nitrogens with zero attached hydrogens (tertiary/aromatic N) is 3. The molecule has 31 heavy (non-hydrogen) atoms. The van der Waals surface area contributed by atoms with Crippen molar-refractivity contribution in [2.45, 2.75) is 18.4 Å². The van der Waals surface area contributed by atoms with E-state index in [4.69, 9.17) is 9.83 Å². The highest BCUT2D eigenvalue weighted by atomic mass is 32.1. The lowest BCUT2D eigenvalue weighted by Gasteiger charge is -2.29. The summed E-state index contributed by atoms with van der Waals surface area (Å²) in [5, 5.41) is 20.5. The Balaban J connectivity index is 1.60. The lowest BCUT2D eigenvalue weighted by atomic mass is 9.99. The van der Waals surface area contributed by atoms with E-state index in [0.717, 1.165) is 15.8 Å². The number of nitrogens with one attached hydrogen (secondary N) is 2. The first kappa shape index (κ1) is 19.0. The molecular formula is C23H17N5O2S. The predicted molar refractivity (Wildman–Crippen MR) is 117 cm³/mol. The van der Waals surface area contributed by atoms with Crippen LogP contribution in [0.4, 0.5) is 0 Å². The quantitative estimate of drug-likeness (QED) is 0.483. The van der Waals surface area contributed by atoms with Crippen molar-refractivity contribution in [2.75, 3.05) is 0 Å². The first-order chi connectivity index (χ1) is 15.1. The topological polar surface area (TPSA) is 106 Å². The third kappa shape index (κ3) is 3.45. The second-order valence-electron chi connectivity index (χ2n) is 7.17. The SMILES string of the molecule is N#C[C@@H](c1nc2ccccc2s1)[C@H](c1ccc(-c2ccccc2)o1)N1NC(=O)CC1=N. The molecule has 5 rings (SSSR count). The van der Waals surface area contributed by atoms with Gasteiger partial charge in [-0.3, -0.25) is 20.6 Å². The summed E-state index contributed by atoms with van der Waals surface area (Å²) in [7, 11) is 0. The molecule has 2 aromatic carbocycles. The molecule has 1 aliphatic heterocycles. The lowest BCUT2D eigenvalue weighted by molar-refractivity contribution is -0.121. The van der Waals surface area contributed by atoms with Crippen LogP contribution in [0.3, 0.4) is 0 Å². The van der Waals surface area contributed by atoms with Crippen LogP contribution in [0.25, 0.3) is 21.5 Å². The van der Waals surface area contributed by atoms with E-state index in [9.17, 15) is 10.1 Å². The maximum atomic E-state index is 12.0. The number of rotatable bonds is 5. The molecule has 0 bridgehead atoms. The molecular weight excluding hydrogens is 410 g/mol. The summed E-state index contributed by atoms with van der Waals surface area (Å²) in [6.45, 7) is 0. The normalized spacial score (nSPS) is 15.6. The Bertz CT molecular complexity index is 1290. The summed E-state index contributed by atoms with van der Waals surface area (Å²) in [6, 6.07) is 22.6. The zero-order chi connectivity index (χ0) is 21.4. The smallest absolute Gasteiger partial charge is 0.246 e. The number of benzene rings is 2. The molecule has 0 unspecified atom stereocenters. The van der Waals surface area contributed by atoms with Crippen molar-refractivity contribution in [3.8, 4) is 17.4 Å². The second-order valence-corrected chi connectivity index (χ2v) is 8.23. The molecule has 0 saturated carbocycles. The molecule has 152 valence electrons. The molecule has 7 nitrogen and oxygen atoms in total. The summed E-state index contributed by atoms with van der Waals surface area (Å²) in [4.78, 5) is 16.6. The first-order valence-electron chi connectivity index (χ1n) is 9.70. The van der Waals surface area contributed by atoms with Crippen LogP contribution in [-0.2, 0) is 4.79 Å². The third-order valence-electron chi connectivity index (χ3n) is 5.15. The van der Waals surface area contributed by atoms with Gasteiger partial charge in [0.15, 0.2) is 0 Å². The molecule has 0 aliphatic carbocycles. The first-order valence-corrected chi connectivity index (χ1v) is 10.5. The van der Waals surface area contributed by atoms with Crippen molar-refractivity contribution in [3.63, 3.8) is 0 Å². The number of furan rings is 1. The van der Waals surface area contributed by atoms with E-state index in [0.29, 0.717) is 16.5 Å². The molecule has 2 aromatic heterocycles. The van der Waals surface area contributed by atoms with E-state index in [1.54, 1.807) is 6.07 Å². The molecule has 2 N–H and O–H groups in total. The number of hydrogen-bond donors (Lipinski definition) is 2. The highest BCUT2D eigenvalue weighted by Crippen LogP contribution is 2.41. The summed E-state index contributed by atoms with van der Waals surface area (Å²) in [5.41, 5.74) is 4.42. The summed E-state index contributed by atoms with van der Waals surface area (Å²) >= 11 is 1.43. The highest BCUT2D eigenvalue weighted by molar-refractivity contribution is 7.18. The standard InChI is InChI=1S/C23H17N5O2S/c24-13-15(23-26-16-8-4-5-9-19(16)31-23)22(28-20(25)12-21(29)27-28)18-11-10-17(30-18)14-6-2-1-3-7-14/h1-11,15,22,25H,12H2,(H,27,29)/t15-,22-/m1/s1. The molecule has 1 saturated heterocycles. The minimum absolute atomic E-state index is 0.0409.